The smallest absolute Gasteiger partial charge is 0.237 e. The molecule has 1 atom stereocenters. The molecule has 0 aliphatic carbocycles. The lowest BCUT2D eigenvalue weighted by molar-refractivity contribution is -0.115. The third-order valence-corrected chi connectivity index (χ3v) is 5.33. The molecule has 0 bridgehead atoms. The van der Waals surface area contributed by atoms with Gasteiger partial charge in [-0.25, -0.2) is 9.97 Å². The van der Waals surface area contributed by atoms with Crippen molar-refractivity contribution in [3.05, 3.63) is 71.5 Å². The molecule has 0 aliphatic rings. The van der Waals surface area contributed by atoms with Crippen molar-refractivity contribution in [2.24, 2.45) is 0 Å². The van der Waals surface area contributed by atoms with Crippen LogP contribution in [-0.4, -0.2) is 21.1 Å². The van der Waals surface area contributed by atoms with Crippen LogP contribution in [0.5, 0.6) is 11.5 Å². The molecule has 1 aromatic heterocycles. The van der Waals surface area contributed by atoms with E-state index in [1.807, 2.05) is 82.3 Å². The lowest BCUT2D eigenvalue weighted by Gasteiger charge is -2.13. The van der Waals surface area contributed by atoms with Gasteiger partial charge in [-0.1, -0.05) is 30.0 Å². The number of thioether (sulfide) groups is 1. The zero-order valence-electron chi connectivity index (χ0n) is 16.4. The van der Waals surface area contributed by atoms with Gasteiger partial charge >= 0.3 is 0 Å². The maximum absolute atomic E-state index is 12.5. The number of amides is 1. The third-order valence-electron chi connectivity index (χ3n) is 4.36. The van der Waals surface area contributed by atoms with E-state index < -0.39 is 0 Å². The molecule has 0 unspecified atom stereocenters. The molecule has 0 saturated heterocycles. The molecule has 0 spiro atoms. The van der Waals surface area contributed by atoms with E-state index in [0.717, 1.165) is 28.4 Å². The first-order chi connectivity index (χ1) is 13.4. The zero-order chi connectivity index (χ0) is 20.1. The van der Waals surface area contributed by atoms with Crippen molar-refractivity contribution in [2.75, 3.05) is 5.32 Å². The van der Waals surface area contributed by atoms with E-state index in [-0.39, 0.29) is 11.2 Å². The first kappa shape index (κ1) is 19.9. The number of benzene rings is 2. The Balaban J connectivity index is 1.59. The summed E-state index contributed by atoms with van der Waals surface area (Å²) in [7, 11) is 0. The zero-order valence-corrected chi connectivity index (χ0v) is 17.2. The quantitative estimate of drug-likeness (QED) is 0.454. The number of hydrogen-bond donors (Lipinski definition) is 1. The summed E-state index contributed by atoms with van der Waals surface area (Å²) < 4.78 is 5.76. The van der Waals surface area contributed by atoms with Gasteiger partial charge in [0.2, 0.25) is 5.91 Å². The van der Waals surface area contributed by atoms with Gasteiger partial charge in [-0.3, -0.25) is 4.79 Å². The van der Waals surface area contributed by atoms with Gasteiger partial charge in [0, 0.05) is 17.1 Å². The van der Waals surface area contributed by atoms with Gasteiger partial charge in [0.05, 0.1) is 5.25 Å². The normalized spacial score (nSPS) is 11.7. The number of hydrogen-bond acceptors (Lipinski definition) is 5. The number of carbonyl (C=O) groups is 1. The molecule has 6 heteroatoms. The summed E-state index contributed by atoms with van der Waals surface area (Å²) in [5.41, 5.74) is 3.68. The number of aryl methyl sites for hydroxylation is 2. The summed E-state index contributed by atoms with van der Waals surface area (Å²) in [6.45, 7) is 7.76. The minimum Gasteiger partial charge on any atom is -0.457 e. The van der Waals surface area contributed by atoms with Gasteiger partial charge in [0.15, 0.2) is 5.16 Å². The summed E-state index contributed by atoms with van der Waals surface area (Å²) in [5, 5.41) is 3.23. The highest BCUT2D eigenvalue weighted by atomic mass is 32.2. The molecule has 0 saturated carbocycles. The molecule has 1 N–H and O–H groups in total. The number of para-hydroxylation sites is 1. The number of nitrogens with zero attached hydrogens (tertiary/aromatic N) is 2. The average Bonchev–Trinajstić information content (AvgIpc) is 2.68. The number of nitrogens with one attached hydrogen (secondary N) is 1. The lowest BCUT2D eigenvalue weighted by atomic mass is 10.2. The predicted molar refractivity (Wildman–Crippen MR) is 113 cm³/mol. The molecule has 144 valence electrons. The summed E-state index contributed by atoms with van der Waals surface area (Å²) in [6, 6.07) is 16.9. The van der Waals surface area contributed by atoms with Crippen molar-refractivity contribution in [1.82, 2.24) is 9.97 Å². The Morgan fingerprint density at radius 1 is 0.929 bits per heavy atom. The molecule has 0 radical (unpaired) electrons. The standard InChI is InChI=1S/C22H23N3O2S/c1-14-15(2)23-22(24-16(14)3)28-17(4)21(26)25-18-10-12-20(13-11-18)27-19-8-6-5-7-9-19/h5-13,17H,1-4H3,(H,25,26)/t17-/m0/s1. The van der Waals surface area contributed by atoms with Crippen LogP contribution in [0.1, 0.15) is 23.9 Å². The fourth-order valence-electron chi connectivity index (χ4n) is 2.48. The second-order valence-corrected chi connectivity index (χ2v) is 7.80. The average molecular weight is 394 g/mol. The summed E-state index contributed by atoms with van der Waals surface area (Å²) in [6.07, 6.45) is 0. The number of aromatic nitrogens is 2. The summed E-state index contributed by atoms with van der Waals surface area (Å²) in [4.78, 5) is 21.5. The molecule has 0 aliphatic heterocycles. The van der Waals surface area contributed by atoms with Gasteiger partial charge in [-0.15, -0.1) is 0 Å². The van der Waals surface area contributed by atoms with Crippen molar-refractivity contribution in [3.8, 4) is 11.5 Å². The Labute approximate surface area is 169 Å². The Kier molecular flexibility index (Phi) is 6.31. The van der Waals surface area contributed by atoms with Crippen LogP contribution in [0.25, 0.3) is 0 Å². The monoisotopic (exact) mass is 393 g/mol. The SMILES string of the molecule is Cc1nc(S[C@@H](C)C(=O)Nc2ccc(Oc3ccccc3)cc2)nc(C)c1C. The van der Waals surface area contributed by atoms with Gasteiger partial charge in [-0.05, 0) is 69.7 Å². The molecule has 0 fully saturated rings. The molecule has 28 heavy (non-hydrogen) atoms. The molecular formula is C22H23N3O2S. The molecular weight excluding hydrogens is 370 g/mol. The molecule has 3 rings (SSSR count). The van der Waals surface area contributed by atoms with Crippen molar-refractivity contribution in [1.29, 1.82) is 0 Å². The fourth-order valence-corrected chi connectivity index (χ4v) is 3.34. The fraction of sp³-hybridized carbons (Fsp3) is 0.227. The highest BCUT2D eigenvalue weighted by molar-refractivity contribution is 8.00. The lowest BCUT2D eigenvalue weighted by Crippen LogP contribution is -2.22. The van der Waals surface area contributed by atoms with Gasteiger partial charge in [0.1, 0.15) is 11.5 Å². The maximum Gasteiger partial charge on any atom is 0.237 e. The number of rotatable bonds is 6. The minimum atomic E-state index is -0.318. The summed E-state index contributed by atoms with van der Waals surface area (Å²) in [5.74, 6) is 1.39. The van der Waals surface area contributed by atoms with E-state index in [2.05, 4.69) is 15.3 Å². The maximum atomic E-state index is 12.5. The molecule has 1 heterocycles. The van der Waals surface area contributed by atoms with Crippen LogP contribution >= 0.6 is 11.8 Å². The van der Waals surface area contributed by atoms with Gasteiger partial charge in [-0.2, -0.15) is 0 Å². The Bertz CT molecular complexity index is 936. The van der Waals surface area contributed by atoms with Crippen LogP contribution < -0.4 is 10.1 Å². The first-order valence-electron chi connectivity index (χ1n) is 9.04. The van der Waals surface area contributed by atoms with E-state index in [1.54, 1.807) is 0 Å². The van der Waals surface area contributed by atoms with E-state index in [0.29, 0.717) is 10.9 Å². The molecule has 1 amide bonds. The van der Waals surface area contributed by atoms with Gasteiger partial charge in [0.25, 0.3) is 0 Å². The Hall–Kier alpha value is -2.86. The van der Waals surface area contributed by atoms with E-state index in [4.69, 9.17) is 4.74 Å². The van der Waals surface area contributed by atoms with E-state index in [9.17, 15) is 4.79 Å². The highest BCUT2D eigenvalue weighted by Gasteiger charge is 2.17. The summed E-state index contributed by atoms with van der Waals surface area (Å²) >= 11 is 1.35. The number of carbonyl (C=O) groups excluding carboxylic acids is 1. The van der Waals surface area contributed by atoms with E-state index in [1.165, 1.54) is 11.8 Å². The van der Waals surface area contributed by atoms with Crippen LogP contribution in [0.15, 0.2) is 59.8 Å². The first-order valence-corrected chi connectivity index (χ1v) is 9.92. The third kappa shape index (κ3) is 5.10. The number of ether oxygens (including phenoxy) is 1. The van der Waals surface area contributed by atoms with Crippen molar-refractivity contribution in [2.45, 2.75) is 38.1 Å². The largest absolute Gasteiger partial charge is 0.457 e. The predicted octanol–water partition coefficient (Wildman–Crippen LogP) is 5.31. The minimum absolute atomic E-state index is 0.0961. The van der Waals surface area contributed by atoms with Crippen LogP contribution in [0.4, 0.5) is 5.69 Å². The van der Waals surface area contributed by atoms with E-state index >= 15 is 0 Å². The Morgan fingerprint density at radius 3 is 2.11 bits per heavy atom. The Morgan fingerprint density at radius 2 is 1.50 bits per heavy atom. The van der Waals surface area contributed by atoms with Crippen LogP contribution in [-0.2, 0) is 4.79 Å². The van der Waals surface area contributed by atoms with Crippen LogP contribution in [0, 0.1) is 20.8 Å². The number of anilines is 1. The molecule has 3 aromatic rings. The van der Waals surface area contributed by atoms with Crippen molar-refractivity contribution in [3.63, 3.8) is 0 Å². The highest BCUT2D eigenvalue weighted by Crippen LogP contribution is 2.25. The van der Waals surface area contributed by atoms with Crippen molar-refractivity contribution < 1.29 is 9.53 Å². The van der Waals surface area contributed by atoms with Gasteiger partial charge < -0.3 is 10.1 Å². The van der Waals surface area contributed by atoms with Crippen LogP contribution in [0.2, 0.25) is 0 Å². The van der Waals surface area contributed by atoms with Crippen molar-refractivity contribution >= 4 is 23.4 Å². The molecule has 5 nitrogen and oxygen atoms in total. The second-order valence-electron chi connectivity index (χ2n) is 6.49. The molecule has 2 aromatic carbocycles. The second kappa shape index (κ2) is 8.89. The topological polar surface area (TPSA) is 64.1 Å². The van der Waals surface area contributed by atoms with Crippen LogP contribution in [0.3, 0.4) is 0 Å².